The van der Waals surface area contributed by atoms with Crippen LogP contribution in [0.15, 0.2) is 55.1 Å². The fourth-order valence-electron chi connectivity index (χ4n) is 6.39. The Morgan fingerprint density at radius 2 is 1.80 bits per heavy atom. The predicted molar refractivity (Wildman–Crippen MR) is 137 cm³/mol. The van der Waals surface area contributed by atoms with E-state index in [0.29, 0.717) is 12.4 Å². The number of nitrogens with two attached hydrogens (primary N) is 1. The molecule has 4 aromatic rings. The van der Waals surface area contributed by atoms with Crippen molar-refractivity contribution in [2.24, 2.45) is 7.05 Å². The molecular weight excluding hydrogens is 434 g/mol. The van der Waals surface area contributed by atoms with Gasteiger partial charge in [0.1, 0.15) is 0 Å². The molecule has 2 N–H and O–H groups in total. The highest BCUT2D eigenvalue weighted by atomic mass is 16.1. The zero-order chi connectivity index (χ0) is 24.5. The van der Waals surface area contributed by atoms with Crippen molar-refractivity contribution >= 4 is 11.7 Å². The molecule has 0 radical (unpaired) electrons. The Kier molecular flexibility index (Phi) is 4.62. The number of benzene rings is 2. The highest BCUT2D eigenvalue weighted by molar-refractivity contribution is 5.98. The van der Waals surface area contributed by atoms with Gasteiger partial charge in [-0.25, -0.2) is 9.97 Å². The summed E-state index contributed by atoms with van der Waals surface area (Å²) in [6.07, 6.45) is 9.53. The van der Waals surface area contributed by atoms with Gasteiger partial charge in [-0.2, -0.15) is 0 Å². The molecule has 0 amide bonds. The molecule has 35 heavy (non-hydrogen) atoms. The van der Waals surface area contributed by atoms with Gasteiger partial charge in [0.25, 0.3) is 0 Å². The maximum atomic E-state index is 13.4. The van der Waals surface area contributed by atoms with E-state index in [0.717, 1.165) is 53.0 Å². The summed E-state index contributed by atoms with van der Waals surface area (Å²) in [4.78, 5) is 22.3. The second kappa shape index (κ2) is 7.41. The number of aromatic nitrogens is 4. The lowest BCUT2D eigenvalue weighted by Crippen LogP contribution is -2.67. The van der Waals surface area contributed by atoms with E-state index in [1.54, 1.807) is 0 Å². The molecule has 0 spiro atoms. The summed E-state index contributed by atoms with van der Waals surface area (Å²) in [6.45, 7) is 6.21. The van der Waals surface area contributed by atoms with Crippen molar-refractivity contribution in [2.75, 3.05) is 5.73 Å². The second-order valence-electron chi connectivity index (χ2n) is 10.9. The first kappa shape index (κ1) is 21.8. The Labute approximate surface area is 205 Å². The van der Waals surface area contributed by atoms with Gasteiger partial charge in [-0.1, -0.05) is 18.2 Å². The van der Waals surface area contributed by atoms with E-state index in [2.05, 4.69) is 60.3 Å². The SMILES string of the molecule is Cc1cc(CC(=O)c2ccc(C)c(C34CC(c5cn(C)c(N)n5)(C3)C4)c2)cc(-n2cnc(C)c2)c1. The molecule has 6 heteroatoms. The lowest BCUT2D eigenvalue weighted by atomic mass is 9.32. The predicted octanol–water partition coefficient (Wildman–Crippen LogP) is 4.91. The summed E-state index contributed by atoms with van der Waals surface area (Å²) in [5.41, 5.74) is 15.0. The summed E-state index contributed by atoms with van der Waals surface area (Å²) >= 11 is 0. The van der Waals surface area contributed by atoms with Gasteiger partial charge in [0.05, 0.1) is 17.7 Å². The number of carbonyl (C=O) groups excluding carboxylic acids is 1. The van der Waals surface area contributed by atoms with Crippen LogP contribution in [0.2, 0.25) is 0 Å². The van der Waals surface area contributed by atoms with Gasteiger partial charge < -0.3 is 14.9 Å². The van der Waals surface area contributed by atoms with E-state index in [1.807, 2.05) is 41.7 Å². The summed E-state index contributed by atoms with van der Waals surface area (Å²) in [5.74, 6) is 0.730. The number of carbonyl (C=O) groups is 1. The van der Waals surface area contributed by atoms with Crippen LogP contribution in [0.25, 0.3) is 5.69 Å². The van der Waals surface area contributed by atoms with Crippen molar-refractivity contribution < 1.29 is 4.79 Å². The number of aryl methyl sites for hydroxylation is 4. The zero-order valence-corrected chi connectivity index (χ0v) is 20.8. The zero-order valence-electron chi connectivity index (χ0n) is 20.8. The number of rotatable bonds is 6. The minimum atomic E-state index is 0.156. The minimum absolute atomic E-state index is 0.156. The van der Waals surface area contributed by atoms with Gasteiger partial charge in [-0.05, 0) is 85.9 Å². The first-order chi connectivity index (χ1) is 16.7. The van der Waals surface area contributed by atoms with E-state index >= 15 is 0 Å². The van der Waals surface area contributed by atoms with Gasteiger partial charge in [-0.15, -0.1) is 0 Å². The van der Waals surface area contributed by atoms with Crippen LogP contribution in [0.3, 0.4) is 0 Å². The fourth-order valence-corrected chi connectivity index (χ4v) is 6.39. The molecule has 0 aliphatic heterocycles. The molecule has 2 heterocycles. The molecule has 3 aliphatic carbocycles. The van der Waals surface area contributed by atoms with Crippen LogP contribution in [0.4, 0.5) is 5.95 Å². The molecule has 2 aromatic carbocycles. The maximum Gasteiger partial charge on any atom is 0.200 e. The van der Waals surface area contributed by atoms with Crippen molar-refractivity contribution in [2.45, 2.75) is 57.3 Å². The fraction of sp³-hybridized carbons (Fsp3) is 0.345. The molecule has 0 atom stereocenters. The Morgan fingerprint density at radius 1 is 1.03 bits per heavy atom. The molecule has 178 valence electrons. The number of hydrogen-bond acceptors (Lipinski definition) is 4. The van der Waals surface area contributed by atoms with Gasteiger partial charge in [0, 0.05) is 42.5 Å². The third kappa shape index (κ3) is 3.42. The average Bonchev–Trinajstić information content (AvgIpc) is 3.32. The molecule has 0 unspecified atom stereocenters. The molecule has 3 fully saturated rings. The summed E-state index contributed by atoms with van der Waals surface area (Å²) < 4.78 is 3.91. The van der Waals surface area contributed by atoms with Crippen LogP contribution in [-0.2, 0) is 24.3 Å². The minimum Gasteiger partial charge on any atom is -0.369 e. The molecule has 2 aromatic heterocycles. The Bertz CT molecular complexity index is 1450. The quantitative estimate of drug-likeness (QED) is 0.410. The van der Waals surface area contributed by atoms with Crippen molar-refractivity contribution in [3.05, 3.63) is 94.3 Å². The number of hydrogen-bond donors (Lipinski definition) is 1. The van der Waals surface area contributed by atoms with E-state index in [4.69, 9.17) is 5.73 Å². The molecule has 6 nitrogen and oxygen atoms in total. The van der Waals surface area contributed by atoms with E-state index < -0.39 is 0 Å². The van der Waals surface area contributed by atoms with E-state index in [1.165, 1.54) is 11.1 Å². The van der Waals surface area contributed by atoms with E-state index in [9.17, 15) is 4.79 Å². The standard InChI is InChI=1S/C29H31N5O/c1-18-7-21(9-23(8-18)34-12-20(3)31-17-34)10-25(35)22-6-5-19(2)24(11-22)28-14-29(15-28,16-28)26-13-33(4)27(30)32-26/h5-9,11-13,17H,10,14-16H2,1-4H3,(H2,30,32). The van der Waals surface area contributed by atoms with Crippen molar-refractivity contribution in [1.29, 1.82) is 0 Å². The van der Waals surface area contributed by atoms with Crippen LogP contribution in [-0.4, -0.2) is 24.9 Å². The number of nitrogens with zero attached hydrogens (tertiary/aromatic N) is 4. The van der Waals surface area contributed by atoms with Gasteiger partial charge in [-0.3, -0.25) is 4.79 Å². The van der Waals surface area contributed by atoms with Crippen molar-refractivity contribution in [3.63, 3.8) is 0 Å². The third-order valence-corrected chi connectivity index (χ3v) is 8.11. The number of nitrogen functional groups attached to an aromatic ring is 1. The molecule has 2 bridgehead atoms. The highest BCUT2D eigenvalue weighted by Crippen LogP contribution is 2.74. The largest absolute Gasteiger partial charge is 0.369 e. The molecule has 3 aliphatic rings. The van der Waals surface area contributed by atoms with E-state index in [-0.39, 0.29) is 16.6 Å². The Balaban J connectivity index is 1.22. The monoisotopic (exact) mass is 465 g/mol. The average molecular weight is 466 g/mol. The molecular formula is C29H31N5O. The Hall–Kier alpha value is -3.67. The van der Waals surface area contributed by atoms with Crippen molar-refractivity contribution in [1.82, 2.24) is 19.1 Å². The van der Waals surface area contributed by atoms with Crippen molar-refractivity contribution in [3.8, 4) is 5.69 Å². The van der Waals surface area contributed by atoms with Crippen LogP contribution in [0.1, 0.15) is 63.3 Å². The number of Topliss-reactive ketones (excluding diaryl/α,β-unsaturated/α-hetero) is 1. The lowest BCUT2D eigenvalue weighted by molar-refractivity contribution is -0.0724. The summed E-state index contributed by atoms with van der Waals surface area (Å²) in [7, 11) is 1.94. The number of anilines is 1. The van der Waals surface area contributed by atoms with Crippen LogP contribution in [0.5, 0.6) is 0 Å². The molecule has 7 rings (SSSR count). The molecule has 0 saturated heterocycles. The lowest BCUT2D eigenvalue weighted by Gasteiger charge is -2.70. The van der Waals surface area contributed by atoms with Crippen LogP contribution in [0, 0.1) is 20.8 Å². The molecule has 3 saturated carbocycles. The first-order valence-corrected chi connectivity index (χ1v) is 12.2. The Morgan fingerprint density at radius 3 is 2.46 bits per heavy atom. The number of imidazole rings is 2. The highest BCUT2D eigenvalue weighted by Gasteiger charge is 2.70. The normalized spacial score (nSPS) is 22.5. The smallest absolute Gasteiger partial charge is 0.200 e. The topological polar surface area (TPSA) is 78.7 Å². The van der Waals surface area contributed by atoms with Gasteiger partial charge >= 0.3 is 0 Å². The van der Waals surface area contributed by atoms with Crippen LogP contribution < -0.4 is 5.73 Å². The van der Waals surface area contributed by atoms with Crippen LogP contribution >= 0.6 is 0 Å². The third-order valence-electron chi connectivity index (χ3n) is 8.11. The number of ketones is 1. The first-order valence-electron chi connectivity index (χ1n) is 12.2. The van der Waals surface area contributed by atoms with Gasteiger partial charge in [0.2, 0.25) is 0 Å². The maximum absolute atomic E-state index is 13.4. The summed E-state index contributed by atoms with van der Waals surface area (Å²) in [5, 5.41) is 0. The second-order valence-corrected chi connectivity index (χ2v) is 10.9. The summed E-state index contributed by atoms with van der Waals surface area (Å²) in [6, 6.07) is 12.6. The van der Waals surface area contributed by atoms with Gasteiger partial charge in [0.15, 0.2) is 11.7 Å².